The summed E-state index contributed by atoms with van der Waals surface area (Å²) in [5.41, 5.74) is 3.46. The third-order valence-electron chi connectivity index (χ3n) is 6.28. The Morgan fingerprint density at radius 2 is 1.63 bits per heavy atom. The molecule has 2 heterocycles. The Hall–Kier alpha value is -2.53. The van der Waals surface area contributed by atoms with Crippen LogP contribution in [0.3, 0.4) is 0 Å². The summed E-state index contributed by atoms with van der Waals surface area (Å²) < 4.78 is 0. The van der Waals surface area contributed by atoms with Crippen molar-refractivity contribution in [1.82, 2.24) is 9.80 Å². The number of hydrogen-bond acceptors (Lipinski definition) is 3. The van der Waals surface area contributed by atoms with E-state index in [1.54, 1.807) is 0 Å². The molecule has 0 aliphatic carbocycles. The minimum Gasteiger partial charge on any atom is -0.372 e. The van der Waals surface area contributed by atoms with Gasteiger partial charge >= 0.3 is 6.03 Å². The molecular formula is C25H34N4O. The van der Waals surface area contributed by atoms with Crippen molar-refractivity contribution in [2.75, 3.05) is 42.9 Å². The van der Waals surface area contributed by atoms with Gasteiger partial charge in [-0.15, -0.1) is 0 Å². The Balaban J connectivity index is 1.32. The SMILES string of the molecule is C[C@H]1CN(Cc2ccccc2)CCCN1C(=O)Nc1ccc(N2CCCCC2)cc1. The van der Waals surface area contributed by atoms with Gasteiger partial charge in [0.05, 0.1) is 0 Å². The lowest BCUT2D eigenvalue weighted by atomic mass is 10.1. The van der Waals surface area contributed by atoms with Crippen LogP contribution in [0, 0.1) is 0 Å². The predicted octanol–water partition coefficient (Wildman–Crippen LogP) is 4.81. The van der Waals surface area contributed by atoms with Crippen LogP contribution in [0.15, 0.2) is 54.6 Å². The van der Waals surface area contributed by atoms with Crippen LogP contribution in [0.4, 0.5) is 16.2 Å². The zero-order valence-corrected chi connectivity index (χ0v) is 18.1. The van der Waals surface area contributed by atoms with Crippen LogP contribution < -0.4 is 10.2 Å². The first-order chi connectivity index (χ1) is 14.7. The van der Waals surface area contributed by atoms with E-state index >= 15 is 0 Å². The van der Waals surface area contributed by atoms with Crippen LogP contribution >= 0.6 is 0 Å². The monoisotopic (exact) mass is 406 g/mol. The molecule has 160 valence electrons. The van der Waals surface area contributed by atoms with E-state index in [-0.39, 0.29) is 12.1 Å². The second-order valence-corrected chi connectivity index (χ2v) is 8.64. The Morgan fingerprint density at radius 3 is 2.37 bits per heavy atom. The van der Waals surface area contributed by atoms with Crippen LogP contribution in [0.25, 0.3) is 0 Å². The lowest BCUT2D eigenvalue weighted by Gasteiger charge is -2.30. The smallest absolute Gasteiger partial charge is 0.322 e. The van der Waals surface area contributed by atoms with Crippen molar-refractivity contribution in [3.8, 4) is 0 Å². The minimum absolute atomic E-state index is 0.00906. The van der Waals surface area contributed by atoms with Crippen LogP contribution in [-0.4, -0.2) is 54.6 Å². The number of amides is 2. The minimum atomic E-state index is 0.00906. The zero-order valence-electron chi connectivity index (χ0n) is 18.1. The van der Waals surface area contributed by atoms with Crippen molar-refractivity contribution >= 4 is 17.4 Å². The van der Waals surface area contributed by atoms with E-state index in [4.69, 9.17) is 0 Å². The van der Waals surface area contributed by atoms with E-state index in [1.165, 1.54) is 30.5 Å². The number of hydrogen-bond donors (Lipinski definition) is 1. The highest BCUT2D eigenvalue weighted by Crippen LogP contribution is 2.22. The van der Waals surface area contributed by atoms with Gasteiger partial charge in [0.1, 0.15) is 0 Å². The second-order valence-electron chi connectivity index (χ2n) is 8.64. The molecule has 2 saturated heterocycles. The number of nitrogens with one attached hydrogen (secondary N) is 1. The molecule has 30 heavy (non-hydrogen) atoms. The standard InChI is InChI=1S/C25H34N4O/c1-21-19-27(20-22-9-4-2-5-10-22)15-8-18-29(21)25(30)26-23-11-13-24(14-12-23)28-16-6-3-7-17-28/h2,4-5,9-14,21H,3,6-8,15-20H2,1H3,(H,26,30)/t21-/m0/s1. The van der Waals surface area contributed by atoms with Gasteiger partial charge in [0.2, 0.25) is 0 Å². The highest BCUT2D eigenvalue weighted by atomic mass is 16.2. The molecule has 5 nitrogen and oxygen atoms in total. The third kappa shape index (κ3) is 5.33. The average Bonchev–Trinajstić information content (AvgIpc) is 2.96. The first-order valence-electron chi connectivity index (χ1n) is 11.4. The molecule has 0 saturated carbocycles. The highest BCUT2D eigenvalue weighted by molar-refractivity contribution is 5.89. The summed E-state index contributed by atoms with van der Waals surface area (Å²) in [7, 11) is 0. The normalized spacial score (nSPS) is 20.6. The lowest BCUT2D eigenvalue weighted by Crippen LogP contribution is -2.44. The van der Waals surface area contributed by atoms with Gasteiger partial charge in [-0.3, -0.25) is 4.90 Å². The van der Waals surface area contributed by atoms with Gasteiger partial charge in [0.15, 0.2) is 0 Å². The summed E-state index contributed by atoms with van der Waals surface area (Å²) >= 11 is 0. The molecular weight excluding hydrogens is 372 g/mol. The molecule has 5 heteroatoms. The Kier molecular flexibility index (Phi) is 6.90. The maximum absolute atomic E-state index is 13.0. The predicted molar refractivity (Wildman–Crippen MR) is 124 cm³/mol. The molecule has 1 N–H and O–H groups in total. The van der Waals surface area contributed by atoms with E-state index in [1.807, 2.05) is 17.0 Å². The van der Waals surface area contributed by atoms with Crippen molar-refractivity contribution in [1.29, 1.82) is 0 Å². The molecule has 0 unspecified atom stereocenters. The molecule has 2 aromatic carbocycles. The van der Waals surface area contributed by atoms with E-state index in [2.05, 4.69) is 64.5 Å². The Morgan fingerprint density at radius 1 is 0.900 bits per heavy atom. The summed E-state index contributed by atoms with van der Waals surface area (Å²) in [6, 6.07) is 19.1. The van der Waals surface area contributed by atoms with Gasteiger partial charge in [-0.2, -0.15) is 0 Å². The van der Waals surface area contributed by atoms with Gasteiger partial charge < -0.3 is 15.1 Å². The molecule has 1 atom stereocenters. The van der Waals surface area contributed by atoms with Crippen LogP contribution in [0.5, 0.6) is 0 Å². The fraction of sp³-hybridized carbons (Fsp3) is 0.480. The number of carbonyl (C=O) groups excluding carboxylic acids is 1. The average molecular weight is 407 g/mol. The van der Waals surface area contributed by atoms with Crippen molar-refractivity contribution in [2.45, 2.75) is 45.2 Å². The Labute approximate surface area is 180 Å². The number of nitrogens with zero attached hydrogens (tertiary/aromatic N) is 3. The number of carbonyl (C=O) groups is 1. The Bertz CT molecular complexity index is 802. The van der Waals surface area contributed by atoms with E-state index < -0.39 is 0 Å². The maximum atomic E-state index is 13.0. The van der Waals surface area contributed by atoms with Gasteiger partial charge in [-0.05, 0) is 62.4 Å². The van der Waals surface area contributed by atoms with Crippen molar-refractivity contribution in [2.24, 2.45) is 0 Å². The van der Waals surface area contributed by atoms with Gasteiger partial charge in [0, 0.05) is 56.7 Å². The van der Waals surface area contributed by atoms with Crippen LogP contribution in [0.2, 0.25) is 0 Å². The molecule has 2 aromatic rings. The second kappa shape index (κ2) is 9.98. The van der Waals surface area contributed by atoms with Crippen molar-refractivity contribution in [3.05, 3.63) is 60.2 Å². The molecule has 0 radical (unpaired) electrons. The molecule has 2 aliphatic heterocycles. The molecule has 0 bridgehead atoms. The summed E-state index contributed by atoms with van der Waals surface area (Å²) in [5.74, 6) is 0. The zero-order chi connectivity index (χ0) is 20.8. The highest BCUT2D eigenvalue weighted by Gasteiger charge is 2.25. The quantitative estimate of drug-likeness (QED) is 0.792. The van der Waals surface area contributed by atoms with Crippen LogP contribution in [-0.2, 0) is 6.54 Å². The van der Waals surface area contributed by atoms with Crippen molar-refractivity contribution in [3.63, 3.8) is 0 Å². The number of rotatable bonds is 4. The number of urea groups is 1. The lowest BCUT2D eigenvalue weighted by molar-refractivity contribution is 0.184. The topological polar surface area (TPSA) is 38.8 Å². The van der Waals surface area contributed by atoms with E-state index in [0.717, 1.165) is 51.4 Å². The first kappa shape index (κ1) is 20.7. The molecule has 2 amide bonds. The molecule has 0 spiro atoms. The van der Waals surface area contributed by atoms with E-state index in [0.29, 0.717) is 0 Å². The summed E-state index contributed by atoms with van der Waals surface area (Å²) in [6.45, 7) is 8.09. The summed E-state index contributed by atoms with van der Waals surface area (Å²) in [4.78, 5) is 19.9. The molecule has 2 aliphatic rings. The largest absolute Gasteiger partial charge is 0.372 e. The number of piperidine rings is 1. The number of benzene rings is 2. The van der Waals surface area contributed by atoms with Gasteiger partial charge in [-0.1, -0.05) is 30.3 Å². The van der Waals surface area contributed by atoms with Gasteiger partial charge in [0.25, 0.3) is 0 Å². The first-order valence-corrected chi connectivity index (χ1v) is 11.4. The van der Waals surface area contributed by atoms with E-state index in [9.17, 15) is 4.79 Å². The van der Waals surface area contributed by atoms with Gasteiger partial charge in [-0.25, -0.2) is 4.79 Å². The van der Waals surface area contributed by atoms with Crippen LogP contribution in [0.1, 0.15) is 38.2 Å². The van der Waals surface area contributed by atoms with Crippen molar-refractivity contribution < 1.29 is 4.79 Å². The fourth-order valence-corrected chi connectivity index (χ4v) is 4.64. The summed E-state index contributed by atoms with van der Waals surface area (Å²) in [5, 5.41) is 3.11. The summed E-state index contributed by atoms with van der Waals surface area (Å²) in [6.07, 6.45) is 4.87. The fourth-order valence-electron chi connectivity index (χ4n) is 4.64. The molecule has 0 aromatic heterocycles. The third-order valence-corrected chi connectivity index (χ3v) is 6.28. The maximum Gasteiger partial charge on any atom is 0.322 e. The molecule has 2 fully saturated rings. The number of anilines is 2. The molecule has 4 rings (SSSR count).